The van der Waals surface area contributed by atoms with Crippen LogP contribution < -0.4 is 14.8 Å². The zero-order valence-corrected chi connectivity index (χ0v) is 17.9. The first-order chi connectivity index (χ1) is 13.7. The fourth-order valence-electron chi connectivity index (χ4n) is 2.44. The Morgan fingerprint density at radius 1 is 1.24 bits per heavy atom. The number of amides is 1. The average molecular weight is 453 g/mol. The van der Waals surface area contributed by atoms with Gasteiger partial charge in [0.25, 0.3) is 15.9 Å². The van der Waals surface area contributed by atoms with Crippen LogP contribution in [0.5, 0.6) is 5.75 Å². The second kappa shape index (κ2) is 8.76. The third-order valence-electron chi connectivity index (χ3n) is 3.75. The van der Waals surface area contributed by atoms with E-state index in [2.05, 4.69) is 20.2 Å². The summed E-state index contributed by atoms with van der Waals surface area (Å²) in [5.41, 5.74) is 3.40. The molecular formula is C18H17ClN4O4S2. The number of halogens is 1. The lowest BCUT2D eigenvalue weighted by Gasteiger charge is -2.14. The van der Waals surface area contributed by atoms with Gasteiger partial charge >= 0.3 is 0 Å². The van der Waals surface area contributed by atoms with E-state index < -0.39 is 15.9 Å². The summed E-state index contributed by atoms with van der Waals surface area (Å²) in [7, 11) is -3.96. The predicted molar refractivity (Wildman–Crippen MR) is 112 cm³/mol. The maximum absolute atomic E-state index is 12.8. The summed E-state index contributed by atoms with van der Waals surface area (Å²) in [6.45, 7) is 3.23. The van der Waals surface area contributed by atoms with Crippen molar-refractivity contribution in [1.29, 1.82) is 0 Å². The van der Waals surface area contributed by atoms with Crippen molar-refractivity contribution < 1.29 is 17.9 Å². The number of hydrogen-bond donors (Lipinski definition) is 2. The molecule has 0 saturated heterocycles. The molecule has 0 aliphatic heterocycles. The van der Waals surface area contributed by atoms with Gasteiger partial charge in [-0.15, -0.1) is 10.2 Å². The van der Waals surface area contributed by atoms with Crippen molar-refractivity contribution in [2.24, 2.45) is 0 Å². The summed E-state index contributed by atoms with van der Waals surface area (Å²) < 4.78 is 33.6. The van der Waals surface area contributed by atoms with Gasteiger partial charge in [-0.25, -0.2) is 8.42 Å². The van der Waals surface area contributed by atoms with E-state index in [0.717, 1.165) is 5.56 Å². The quantitative estimate of drug-likeness (QED) is 0.566. The predicted octanol–water partition coefficient (Wildman–Crippen LogP) is 3.63. The van der Waals surface area contributed by atoms with Crippen molar-refractivity contribution in [3.8, 4) is 5.75 Å². The third-order valence-corrected chi connectivity index (χ3v) is 6.21. The van der Waals surface area contributed by atoms with Gasteiger partial charge in [-0.3, -0.25) is 14.8 Å². The van der Waals surface area contributed by atoms with E-state index in [4.69, 9.17) is 16.3 Å². The van der Waals surface area contributed by atoms with Gasteiger partial charge in [-0.2, -0.15) is 0 Å². The molecule has 2 aromatic carbocycles. The summed E-state index contributed by atoms with van der Waals surface area (Å²) in [6.07, 6.45) is 0. The van der Waals surface area contributed by atoms with Crippen LogP contribution in [0.25, 0.3) is 0 Å². The van der Waals surface area contributed by atoms with E-state index in [1.54, 1.807) is 25.1 Å². The fraction of sp³-hybridized carbons (Fsp3) is 0.167. The first-order valence-electron chi connectivity index (χ1n) is 8.33. The summed E-state index contributed by atoms with van der Waals surface area (Å²) in [5.74, 6) is -0.218. The van der Waals surface area contributed by atoms with Gasteiger partial charge in [-0.1, -0.05) is 35.1 Å². The lowest BCUT2D eigenvalue weighted by molar-refractivity contribution is -0.118. The topological polar surface area (TPSA) is 110 Å². The van der Waals surface area contributed by atoms with Crippen LogP contribution in [0.3, 0.4) is 0 Å². The lowest BCUT2D eigenvalue weighted by Crippen LogP contribution is -2.20. The summed E-state index contributed by atoms with van der Waals surface area (Å²) in [4.78, 5) is 11.8. The third kappa shape index (κ3) is 5.43. The van der Waals surface area contributed by atoms with E-state index in [-0.39, 0.29) is 22.3 Å². The number of sulfonamides is 1. The van der Waals surface area contributed by atoms with Crippen molar-refractivity contribution in [2.45, 2.75) is 18.7 Å². The van der Waals surface area contributed by atoms with E-state index in [0.29, 0.717) is 16.4 Å². The molecule has 3 rings (SSSR count). The molecule has 1 heterocycles. The Hall–Kier alpha value is -2.69. The Kier molecular flexibility index (Phi) is 6.36. The van der Waals surface area contributed by atoms with Gasteiger partial charge in [0.1, 0.15) is 16.2 Å². The molecule has 1 amide bonds. The lowest BCUT2D eigenvalue weighted by atomic mass is 10.2. The highest BCUT2D eigenvalue weighted by Gasteiger charge is 2.21. The molecule has 8 nitrogen and oxygen atoms in total. The Labute approximate surface area is 176 Å². The molecule has 2 N–H and O–H groups in total. The minimum absolute atomic E-state index is 0.0494. The Balaban J connectivity index is 1.78. The van der Waals surface area contributed by atoms with Gasteiger partial charge < -0.3 is 4.74 Å². The molecule has 0 aliphatic carbocycles. The highest BCUT2D eigenvalue weighted by atomic mass is 35.5. The number of benzene rings is 2. The maximum atomic E-state index is 12.8. The van der Waals surface area contributed by atoms with Crippen LogP contribution in [0.15, 0.2) is 46.8 Å². The molecular weight excluding hydrogens is 436 g/mol. The Bertz CT molecular complexity index is 1130. The van der Waals surface area contributed by atoms with E-state index in [1.165, 1.54) is 29.0 Å². The monoisotopic (exact) mass is 452 g/mol. The number of carbonyl (C=O) groups excluding carboxylic acids is 1. The van der Waals surface area contributed by atoms with Gasteiger partial charge in [0, 0.05) is 11.8 Å². The molecule has 0 unspecified atom stereocenters. The molecule has 0 fully saturated rings. The largest absolute Gasteiger partial charge is 0.483 e. The Morgan fingerprint density at radius 3 is 2.72 bits per heavy atom. The molecule has 1 aromatic heterocycles. The second-order valence-electron chi connectivity index (χ2n) is 6.10. The molecule has 0 saturated carbocycles. The number of nitrogens with zero attached hydrogens (tertiary/aromatic N) is 2. The standard InChI is InChI=1S/C18H17ClN4O4S2/c1-11-4-3-5-13(6-11)23-29(25,26)16-8-15(12(2)7-14(16)19)27-9-17(24)21-18-22-20-10-28-18/h3-8,10,23H,9H2,1-2H3,(H,21,22,24). The molecule has 0 bridgehead atoms. The number of aryl methyl sites for hydroxylation is 2. The number of rotatable bonds is 7. The van der Waals surface area contributed by atoms with Crippen LogP contribution >= 0.6 is 22.9 Å². The first-order valence-corrected chi connectivity index (χ1v) is 11.1. The van der Waals surface area contributed by atoms with Crippen molar-refractivity contribution in [3.05, 3.63) is 58.1 Å². The van der Waals surface area contributed by atoms with Crippen molar-refractivity contribution in [3.63, 3.8) is 0 Å². The highest BCUT2D eigenvalue weighted by molar-refractivity contribution is 7.92. The molecule has 0 spiro atoms. The summed E-state index contributed by atoms with van der Waals surface area (Å²) in [5, 5.41) is 10.3. The minimum Gasteiger partial charge on any atom is -0.483 e. The molecule has 0 aliphatic rings. The van der Waals surface area contributed by atoms with E-state index in [1.807, 2.05) is 13.0 Å². The van der Waals surface area contributed by atoms with Gasteiger partial charge in [0.2, 0.25) is 5.13 Å². The first kappa shape index (κ1) is 21.0. The molecule has 152 valence electrons. The number of ether oxygens (including phenoxy) is 1. The van der Waals surface area contributed by atoms with Crippen molar-refractivity contribution in [1.82, 2.24) is 10.2 Å². The van der Waals surface area contributed by atoms with E-state index >= 15 is 0 Å². The number of anilines is 2. The highest BCUT2D eigenvalue weighted by Crippen LogP contribution is 2.31. The smallest absolute Gasteiger partial charge is 0.264 e. The maximum Gasteiger partial charge on any atom is 0.264 e. The number of nitrogens with one attached hydrogen (secondary N) is 2. The van der Waals surface area contributed by atoms with Crippen LogP contribution in [-0.4, -0.2) is 31.1 Å². The minimum atomic E-state index is -3.96. The number of aromatic nitrogens is 2. The van der Waals surface area contributed by atoms with Gasteiger partial charge in [0.05, 0.1) is 5.02 Å². The normalized spacial score (nSPS) is 11.1. The van der Waals surface area contributed by atoms with Crippen LogP contribution in [0, 0.1) is 13.8 Å². The summed E-state index contributed by atoms with van der Waals surface area (Å²) in [6, 6.07) is 9.72. The SMILES string of the molecule is Cc1cccc(NS(=O)(=O)c2cc(OCC(=O)Nc3nncs3)c(C)cc2Cl)c1. The van der Waals surface area contributed by atoms with Gasteiger partial charge in [-0.05, 0) is 43.2 Å². The van der Waals surface area contributed by atoms with Crippen LogP contribution in [0.4, 0.5) is 10.8 Å². The van der Waals surface area contributed by atoms with Crippen LogP contribution in [0.1, 0.15) is 11.1 Å². The van der Waals surface area contributed by atoms with Crippen molar-refractivity contribution >= 4 is 49.7 Å². The molecule has 0 radical (unpaired) electrons. The number of carbonyl (C=O) groups is 1. The molecule has 0 atom stereocenters. The zero-order chi connectivity index (χ0) is 21.0. The van der Waals surface area contributed by atoms with Crippen LogP contribution in [0.2, 0.25) is 5.02 Å². The fourth-order valence-corrected chi connectivity index (χ4v) is 4.55. The molecule has 3 aromatic rings. The molecule has 11 heteroatoms. The second-order valence-corrected chi connectivity index (χ2v) is 9.00. The summed E-state index contributed by atoms with van der Waals surface area (Å²) >= 11 is 7.34. The Morgan fingerprint density at radius 2 is 2.03 bits per heavy atom. The van der Waals surface area contributed by atoms with Crippen molar-refractivity contribution in [2.75, 3.05) is 16.6 Å². The van der Waals surface area contributed by atoms with Crippen LogP contribution in [-0.2, 0) is 14.8 Å². The average Bonchev–Trinajstić information content (AvgIpc) is 3.13. The van der Waals surface area contributed by atoms with Gasteiger partial charge in [0.15, 0.2) is 6.61 Å². The number of hydrogen-bond acceptors (Lipinski definition) is 7. The van der Waals surface area contributed by atoms with E-state index in [9.17, 15) is 13.2 Å². The zero-order valence-electron chi connectivity index (χ0n) is 15.5. The molecule has 29 heavy (non-hydrogen) atoms.